The zero-order chi connectivity index (χ0) is 23.0. The maximum Gasteiger partial charge on any atom is 0.252 e. The molecule has 2 aromatic carbocycles. The number of nitrogens with zero attached hydrogens (tertiary/aromatic N) is 1. The predicted molar refractivity (Wildman–Crippen MR) is 124 cm³/mol. The van der Waals surface area contributed by atoms with Gasteiger partial charge in [0.15, 0.2) is 0 Å². The van der Waals surface area contributed by atoms with Crippen LogP contribution in [0.1, 0.15) is 43.0 Å². The van der Waals surface area contributed by atoms with Crippen molar-refractivity contribution >= 4 is 20.9 Å². The Kier molecular flexibility index (Phi) is 6.41. The number of aliphatic hydroxyl groups excluding tert-OH is 1. The van der Waals surface area contributed by atoms with E-state index in [4.69, 9.17) is 0 Å². The van der Waals surface area contributed by atoms with Gasteiger partial charge in [0.1, 0.15) is 0 Å². The smallest absolute Gasteiger partial charge is 0.252 e. The van der Waals surface area contributed by atoms with E-state index in [2.05, 4.69) is 25.8 Å². The molecule has 0 unspecified atom stereocenters. The number of rotatable bonds is 6. The van der Waals surface area contributed by atoms with Gasteiger partial charge in [-0.05, 0) is 59.5 Å². The Balaban J connectivity index is 2.00. The number of aryl methyl sites for hydroxylation is 2. The molecule has 1 aromatic heterocycles. The Labute approximate surface area is 183 Å². The van der Waals surface area contributed by atoms with Crippen molar-refractivity contribution in [3.05, 3.63) is 75.1 Å². The largest absolute Gasteiger partial charge is 0.395 e. The molecule has 0 aliphatic carbocycles. The maximum atomic E-state index is 13.3. The molecule has 1 heterocycles. The summed E-state index contributed by atoms with van der Waals surface area (Å²) in [6.45, 7) is 9.52. The van der Waals surface area contributed by atoms with Crippen LogP contribution in [0.5, 0.6) is 0 Å². The monoisotopic (exact) mass is 442 g/mol. The number of H-pyrrole nitrogens is 1. The highest BCUT2D eigenvalue weighted by atomic mass is 32.2. The molecule has 0 aliphatic heterocycles. The second kappa shape index (κ2) is 8.57. The fourth-order valence-electron chi connectivity index (χ4n) is 3.55. The number of aromatic amines is 1. The molecule has 3 rings (SSSR count). The van der Waals surface area contributed by atoms with Gasteiger partial charge in [-0.25, -0.2) is 8.42 Å². The van der Waals surface area contributed by atoms with Crippen LogP contribution in [-0.4, -0.2) is 36.0 Å². The summed E-state index contributed by atoms with van der Waals surface area (Å²) in [5.74, 6) is 0. The lowest BCUT2D eigenvalue weighted by molar-refractivity contribution is 0.251. The Hall–Kier alpha value is -2.48. The average Bonchev–Trinajstić information content (AvgIpc) is 2.71. The lowest BCUT2D eigenvalue weighted by Gasteiger charge is -2.23. The minimum atomic E-state index is -3.89. The van der Waals surface area contributed by atoms with Crippen LogP contribution in [0.3, 0.4) is 0 Å². The molecule has 0 amide bonds. The van der Waals surface area contributed by atoms with Gasteiger partial charge in [0.2, 0.25) is 10.0 Å². The molecule has 7 heteroatoms. The first kappa shape index (κ1) is 23.2. The molecule has 0 bridgehead atoms. The van der Waals surface area contributed by atoms with E-state index >= 15 is 0 Å². The van der Waals surface area contributed by atoms with Crippen molar-refractivity contribution in [3.63, 3.8) is 0 Å². The van der Waals surface area contributed by atoms with E-state index < -0.39 is 10.0 Å². The number of nitrogens with one attached hydrogen (secondary N) is 1. The molecule has 166 valence electrons. The van der Waals surface area contributed by atoms with Crippen LogP contribution in [-0.2, 0) is 22.0 Å². The maximum absolute atomic E-state index is 13.3. The van der Waals surface area contributed by atoms with E-state index in [1.165, 1.54) is 0 Å². The van der Waals surface area contributed by atoms with Gasteiger partial charge in [-0.3, -0.25) is 4.79 Å². The molecular formula is C24H30N2O4S. The van der Waals surface area contributed by atoms with E-state index in [0.29, 0.717) is 5.56 Å². The number of hydrogen-bond acceptors (Lipinski definition) is 4. The second-order valence-electron chi connectivity index (χ2n) is 8.93. The van der Waals surface area contributed by atoms with Crippen molar-refractivity contribution in [1.29, 1.82) is 0 Å². The van der Waals surface area contributed by atoms with Gasteiger partial charge in [0.05, 0.1) is 17.0 Å². The third-order valence-corrected chi connectivity index (χ3v) is 7.54. The Morgan fingerprint density at radius 3 is 2.26 bits per heavy atom. The van der Waals surface area contributed by atoms with Crippen molar-refractivity contribution < 1.29 is 13.5 Å². The summed E-state index contributed by atoms with van der Waals surface area (Å²) < 4.78 is 27.7. The SMILES string of the molecule is Cc1ccc2cc(CN(CCO)S(=O)(=O)c3ccc(C(C)(C)C)cc3)c(=O)[nH]c2c1C. The lowest BCUT2D eigenvalue weighted by Crippen LogP contribution is -2.35. The van der Waals surface area contributed by atoms with Gasteiger partial charge in [-0.2, -0.15) is 4.31 Å². The summed E-state index contributed by atoms with van der Waals surface area (Å²) >= 11 is 0. The summed E-state index contributed by atoms with van der Waals surface area (Å²) in [7, 11) is -3.89. The van der Waals surface area contributed by atoms with Gasteiger partial charge in [0, 0.05) is 18.7 Å². The van der Waals surface area contributed by atoms with E-state index in [0.717, 1.165) is 31.9 Å². The van der Waals surface area contributed by atoms with Crippen molar-refractivity contribution in [2.24, 2.45) is 0 Å². The van der Waals surface area contributed by atoms with Gasteiger partial charge < -0.3 is 10.1 Å². The summed E-state index contributed by atoms with van der Waals surface area (Å²) in [4.78, 5) is 15.7. The number of sulfonamides is 1. The molecule has 0 spiro atoms. The molecule has 2 N–H and O–H groups in total. The van der Waals surface area contributed by atoms with E-state index in [1.807, 2.05) is 26.0 Å². The molecule has 31 heavy (non-hydrogen) atoms. The highest BCUT2D eigenvalue weighted by Gasteiger charge is 2.26. The number of benzene rings is 2. The summed E-state index contributed by atoms with van der Waals surface area (Å²) in [5, 5.41) is 10.3. The first-order chi connectivity index (χ1) is 14.4. The van der Waals surface area contributed by atoms with E-state index in [-0.39, 0.29) is 35.6 Å². The molecule has 3 aromatic rings. The van der Waals surface area contributed by atoms with Crippen LogP contribution >= 0.6 is 0 Å². The number of pyridine rings is 1. The van der Waals surface area contributed by atoms with Crippen LogP contribution in [0.15, 0.2) is 52.2 Å². The molecule has 0 saturated carbocycles. The molecule has 0 aliphatic rings. The molecular weight excluding hydrogens is 412 g/mol. The topological polar surface area (TPSA) is 90.5 Å². The molecule has 0 radical (unpaired) electrons. The van der Waals surface area contributed by atoms with Crippen molar-refractivity contribution in [2.75, 3.05) is 13.2 Å². The van der Waals surface area contributed by atoms with Crippen molar-refractivity contribution in [3.8, 4) is 0 Å². The fourth-order valence-corrected chi connectivity index (χ4v) is 4.96. The highest BCUT2D eigenvalue weighted by Crippen LogP contribution is 2.25. The average molecular weight is 443 g/mol. The third-order valence-electron chi connectivity index (χ3n) is 5.68. The number of fused-ring (bicyclic) bond motifs is 1. The van der Waals surface area contributed by atoms with Crippen LogP contribution in [0, 0.1) is 13.8 Å². The summed E-state index contributed by atoms with van der Waals surface area (Å²) in [6, 6.07) is 12.4. The molecule has 6 nitrogen and oxygen atoms in total. The molecule has 0 saturated heterocycles. The van der Waals surface area contributed by atoms with Crippen LogP contribution in [0.2, 0.25) is 0 Å². The summed E-state index contributed by atoms with van der Waals surface area (Å²) in [6.07, 6.45) is 0. The molecule has 0 atom stereocenters. The van der Waals surface area contributed by atoms with E-state index in [1.54, 1.807) is 30.3 Å². The molecule has 0 fully saturated rings. The fraction of sp³-hybridized carbons (Fsp3) is 0.375. The number of hydrogen-bond donors (Lipinski definition) is 2. The highest BCUT2D eigenvalue weighted by molar-refractivity contribution is 7.89. The Morgan fingerprint density at radius 2 is 1.68 bits per heavy atom. The lowest BCUT2D eigenvalue weighted by atomic mass is 9.87. The first-order valence-corrected chi connectivity index (χ1v) is 11.7. The quantitative estimate of drug-likeness (QED) is 0.610. The van der Waals surface area contributed by atoms with Gasteiger partial charge >= 0.3 is 0 Å². The van der Waals surface area contributed by atoms with Crippen LogP contribution in [0.25, 0.3) is 10.9 Å². The van der Waals surface area contributed by atoms with Crippen LogP contribution in [0.4, 0.5) is 0 Å². The zero-order valence-corrected chi connectivity index (χ0v) is 19.5. The Morgan fingerprint density at radius 1 is 1.03 bits per heavy atom. The third kappa shape index (κ3) is 4.74. The predicted octanol–water partition coefficient (Wildman–Crippen LogP) is 3.63. The Bertz CT molecular complexity index is 1250. The zero-order valence-electron chi connectivity index (χ0n) is 18.7. The van der Waals surface area contributed by atoms with Crippen molar-refractivity contribution in [2.45, 2.75) is 51.5 Å². The second-order valence-corrected chi connectivity index (χ2v) is 10.9. The normalized spacial score (nSPS) is 12.6. The van der Waals surface area contributed by atoms with Crippen molar-refractivity contribution in [1.82, 2.24) is 9.29 Å². The minimum Gasteiger partial charge on any atom is -0.395 e. The minimum absolute atomic E-state index is 0.0953. The summed E-state index contributed by atoms with van der Waals surface area (Å²) in [5.41, 5.74) is 3.74. The van der Waals surface area contributed by atoms with Gasteiger partial charge in [-0.15, -0.1) is 0 Å². The first-order valence-electron chi connectivity index (χ1n) is 10.3. The van der Waals surface area contributed by atoms with E-state index in [9.17, 15) is 18.3 Å². The number of aromatic nitrogens is 1. The van der Waals surface area contributed by atoms with Gasteiger partial charge in [-0.1, -0.05) is 45.0 Å². The number of aliphatic hydroxyl groups is 1. The van der Waals surface area contributed by atoms with Crippen LogP contribution < -0.4 is 5.56 Å². The van der Waals surface area contributed by atoms with Gasteiger partial charge in [0.25, 0.3) is 5.56 Å². The standard InChI is InChI=1S/C24H30N2O4S/c1-16-6-7-18-14-19(23(28)25-22(18)17(16)2)15-26(12-13-27)31(29,30)21-10-8-20(9-11-21)24(3,4)5/h6-11,14,27H,12-13,15H2,1-5H3,(H,25,28).